The minimum atomic E-state index is -0.887. The minimum Gasteiger partial charge on any atom is -0.491 e. The molecule has 5 rings (SSSR count). The number of anilines is 1. The Labute approximate surface area is 248 Å². The monoisotopic (exact) mass is 579 g/mol. The molecule has 0 saturated heterocycles. The lowest BCUT2D eigenvalue weighted by atomic mass is 9.99. The van der Waals surface area contributed by atoms with E-state index in [9.17, 15) is 9.90 Å². The van der Waals surface area contributed by atoms with Gasteiger partial charge in [-0.15, -0.1) is 0 Å². The van der Waals surface area contributed by atoms with Crippen molar-refractivity contribution in [3.8, 4) is 5.75 Å². The Bertz CT molecular complexity index is 1380. The molecule has 1 saturated carbocycles. The van der Waals surface area contributed by atoms with E-state index in [0.717, 1.165) is 79.6 Å². The predicted octanol–water partition coefficient (Wildman–Crippen LogP) is 4.68. The number of ether oxygens (including phenoxy) is 3. The summed E-state index contributed by atoms with van der Waals surface area (Å²) in [7, 11) is 5.41. The number of pyridine rings is 1. The molecule has 10 heteroatoms. The largest absolute Gasteiger partial charge is 0.491 e. The average Bonchev–Trinajstić information content (AvgIpc) is 3.56. The Hall–Kier alpha value is -3.21. The molecule has 10 nitrogen and oxygen atoms in total. The van der Waals surface area contributed by atoms with E-state index in [-0.39, 0.29) is 12.1 Å². The molecule has 2 aromatic heterocycles. The SMILES string of the molecule is COCCOc1cc(C(C(=O)O)N(C)[C@H]2CC[C@H](OCCCCc3ccc4c(n3)NCCC4)C2)c2c(c1)c(C)nn2C. The molecule has 42 heavy (non-hydrogen) atoms. The maximum atomic E-state index is 12.8. The number of methoxy groups -OCH3 is 1. The molecular weight excluding hydrogens is 534 g/mol. The quantitative estimate of drug-likeness (QED) is 0.263. The maximum absolute atomic E-state index is 12.8. The first-order chi connectivity index (χ1) is 20.4. The molecule has 3 heterocycles. The second-order valence-electron chi connectivity index (χ2n) is 11.6. The third-order valence-electron chi connectivity index (χ3n) is 8.68. The van der Waals surface area contributed by atoms with Crippen LogP contribution in [0.25, 0.3) is 10.9 Å². The van der Waals surface area contributed by atoms with Gasteiger partial charge < -0.3 is 24.6 Å². The Morgan fingerprint density at radius 3 is 2.88 bits per heavy atom. The van der Waals surface area contributed by atoms with E-state index in [0.29, 0.717) is 31.1 Å². The van der Waals surface area contributed by atoms with Crippen molar-refractivity contribution in [2.24, 2.45) is 7.05 Å². The number of rotatable bonds is 14. The number of nitrogens with one attached hydrogen (secondary N) is 1. The van der Waals surface area contributed by atoms with Crippen molar-refractivity contribution in [1.29, 1.82) is 0 Å². The van der Waals surface area contributed by atoms with Gasteiger partial charge in [0.25, 0.3) is 0 Å². The van der Waals surface area contributed by atoms with Crippen LogP contribution in [0.2, 0.25) is 0 Å². The molecule has 0 spiro atoms. The molecule has 1 unspecified atom stereocenters. The molecule has 0 radical (unpaired) electrons. The van der Waals surface area contributed by atoms with Crippen LogP contribution < -0.4 is 10.1 Å². The first-order valence-electron chi connectivity index (χ1n) is 15.2. The third kappa shape index (κ3) is 6.88. The van der Waals surface area contributed by atoms with Gasteiger partial charge in [0.15, 0.2) is 0 Å². The lowest BCUT2D eigenvalue weighted by Gasteiger charge is -2.31. The van der Waals surface area contributed by atoms with Crippen LogP contribution in [0.3, 0.4) is 0 Å². The van der Waals surface area contributed by atoms with Crippen LogP contribution in [0.1, 0.15) is 67.1 Å². The van der Waals surface area contributed by atoms with Crippen LogP contribution in [0.5, 0.6) is 5.75 Å². The second-order valence-corrected chi connectivity index (χ2v) is 11.6. The maximum Gasteiger partial charge on any atom is 0.325 e. The number of likely N-dealkylation sites (N-methyl/N-ethyl adjacent to an activating group) is 1. The summed E-state index contributed by atoms with van der Waals surface area (Å²) in [6.45, 7) is 4.49. The highest BCUT2D eigenvalue weighted by atomic mass is 16.5. The number of aromatic nitrogens is 3. The topological polar surface area (TPSA) is 111 Å². The molecule has 0 amide bonds. The summed E-state index contributed by atoms with van der Waals surface area (Å²) in [4.78, 5) is 19.6. The zero-order valence-corrected chi connectivity index (χ0v) is 25.4. The molecule has 3 aromatic rings. The summed E-state index contributed by atoms with van der Waals surface area (Å²) in [5, 5.41) is 19.4. The standard InChI is InChI=1S/C32H45N5O5/c1-21-27-19-26(42-17-16-40-4)20-28(29(27)37(3)35-21)30(32(38)39)36(2)24-12-13-25(18-24)41-15-6-5-9-23-11-10-22-8-7-14-33-31(22)34-23/h10-11,19-20,24-25,30H,5-9,12-18H2,1-4H3,(H,33,34)(H,38,39)/t24-,25-,30?/m0/s1. The summed E-state index contributed by atoms with van der Waals surface area (Å²) in [5.74, 6) is 0.794. The number of carboxylic acid groups (broad SMARTS) is 1. The smallest absolute Gasteiger partial charge is 0.325 e. The molecule has 1 aliphatic carbocycles. The van der Waals surface area contributed by atoms with Gasteiger partial charge in [0.1, 0.15) is 24.2 Å². The molecule has 228 valence electrons. The highest BCUT2D eigenvalue weighted by Gasteiger charge is 2.37. The van der Waals surface area contributed by atoms with E-state index in [4.69, 9.17) is 19.2 Å². The highest BCUT2D eigenvalue weighted by molar-refractivity contribution is 5.91. The van der Waals surface area contributed by atoms with Gasteiger partial charge in [-0.2, -0.15) is 5.10 Å². The third-order valence-corrected chi connectivity index (χ3v) is 8.68. The summed E-state index contributed by atoms with van der Waals surface area (Å²) >= 11 is 0. The van der Waals surface area contributed by atoms with Gasteiger partial charge >= 0.3 is 5.97 Å². The average molecular weight is 580 g/mol. The summed E-state index contributed by atoms with van der Waals surface area (Å²) in [6.07, 6.45) is 8.03. The van der Waals surface area contributed by atoms with E-state index < -0.39 is 12.0 Å². The minimum absolute atomic E-state index is 0.103. The normalized spacial score (nSPS) is 19.2. The van der Waals surface area contributed by atoms with Gasteiger partial charge in [-0.05, 0) is 89.1 Å². The first-order valence-corrected chi connectivity index (χ1v) is 15.2. The number of fused-ring (bicyclic) bond motifs is 2. The van der Waals surface area contributed by atoms with E-state index in [2.05, 4.69) is 22.5 Å². The Morgan fingerprint density at radius 1 is 1.21 bits per heavy atom. The van der Waals surface area contributed by atoms with E-state index in [1.165, 1.54) is 12.0 Å². The molecule has 3 atom stereocenters. The molecule has 1 fully saturated rings. The van der Waals surface area contributed by atoms with E-state index in [1.54, 1.807) is 11.8 Å². The van der Waals surface area contributed by atoms with Crippen LogP contribution in [-0.4, -0.2) is 83.4 Å². The van der Waals surface area contributed by atoms with Gasteiger partial charge in [0.2, 0.25) is 0 Å². The zero-order chi connectivity index (χ0) is 29.6. The fraction of sp³-hybridized carbons (Fsp3) is 0.594. The van der Waals surface area contributed by atoms with Crippen molar-refractivity contribution in [3.63, 3.8) is 0 Å². The van der Waals surface area contributed by atoms with Gasteiger partial charge in [0.05, 0.1) is 23.9 Å². The molecule has 2 aliphatic rings. The van der Waals surface area contributed by atoms with Crippen molar-refractivity contribution >= 4 is 22.7 Å². The fourth-order valence-corrected chi connectivity index (χ4v) is 6.47. The first kappa shape index (κ1) is 30.3. The lowest BCUT2D eigenvalue weighted by molar-refractivity contribution is -0.144. The van der Waals surface area contributed by atoms with E-state index >= 15 is 0 Å². The number of nitrogens with zero attached hydrogens (tertiary/aromatic N) is 4. The van der Waals surface area contributed by atoms with E-state index in [1.807, 2.05) is 38.1 Å². The number of carbonyl (C=O) groups is 1. The zero-order valence-electron chi connectivity index (χ0n) is 25.4. The van der Waals surface area contributed by atoms with Crippen molar-refractivity contribution in [1.82, 2.24) is 19.7 Å². The Balaban J connectivity index is 1.18. The molecule has 1 aromatic carbocycles. The molecule has 0 bridgehead atoms. The van der Waals surface area contributed by atoms with Crippen LogP contribution in [0.15, 0.2) is 24.3 Å². The van der Waals surface area contributed by atoms with Gasteiger partial charge in [-0.1, -0.05) is 6.07 Å². The van der Waals surface area contributed by atoms with Gasteiger partial charge in [-0.25, -0.2) is 4.98 Å². The highest BCUT2D eigenvalue weighted by Crippen LogP contribution is 2.37. The van der Waals surface area contributed by atoms with Crippen molar-refractivity contribution in [2.45, 2.75) is 76.5 Å². The van der Waals surface area contributed by atoms with Gasteiger partial charge in [0, 0.05) is 50.0 Å². The number of unbranched alkanes of at least 4 members (excludes halogenated alkanes) is 1. The Morgan fingerprint density at radius 2 is 2.07 bits per heavy atom. The fourth-order valence-electron chi connectivity index (χ4n) is 6.47. The van der Waals surface area contributed by atoms with Crippen LogP contribution in [0.4, 0.5) is 5.82 Å². The number of benzene rings is 1. The van der Waals surface area contributed by atoms with Crippen LogP contribution in [-0.2, 0) is 34.2 Å². The number of hydrogen-bond acceptors (Lipinski definition) is 8. The predicted molar refractivity (Wildman–Crippen MR) is 162 cm³/mol. The number of hydrogen-bond donors (Lipinski definition) is 2. The number of carboxylic acids is 1. The molecule has 1 aliphatic heterocycles. The summed E-state index contributed by atoms with van der Waals surface area (Å²) in [5.41, 5.74) is 4.80. The summed E-state index contributed by atoms with van der Waals surface area (Å²) in [6, 6.07) is 7.43. The van der Waals surface area contributed by atoms with Crippen LogP contribution in [0, 0.1) is 6.92 Å². The molecule has 2 N–H and O–H groups in total. The second kappa shape index (κ2) is 13.8. The molecular formula is C32H45N5O5. The Kier molecular flexibility index (Phi) is 9.97. The van der Waals surface area contributed by atoms with Gasteiger partial charge in [-0.3, -0.25) is 14.4 Å². The number of aryl methyl sites for hydroxylation is 4. The number of aliphatic carboxylic acids is 1. The lowest BCUT2D eigenvalue weighted by Crippen LogP contribution is -2.38. The van der Waals surface area contributed by atoms with Crippen molar-refractivity contribution < 1.29 is 24.1 Å². The summed E-state index contributed by atoms with van der Waals surface area (Å²) < 4.78 is 19.1. The van der Waals surface area contributed by atoms with Crippen molar-refractivity contribution in [2.75, 3.05) is 45.8 Å². The van der Waals surface area contributed by atoms with Crippen LogP contribution >= 0.6 is 0 Å². The van der Waals surface area contributed by atoms with Crippen molar-refractivity contribution in [3.05, 3.63) is 46.8 Å².